The van der Waals surface area contributed by atoms with Gasteiger partial charge >= 0.3 is 0 Å². The number of anilines is 1. The highest BCUT2D eigenvalue weighted by Gasteiger charge is 2.26. The summed E-state index contributed by atoms with van der Waals surface area (Å²) in [6.45, 7) is 4.16. The van der Waals surface area contributed by atoms with Crippen LogP contribution in [-0.4, -0.2) is 5.91 Å². The van der Waals surface area contributed by atoms with Crippen LogP contribution in [0.1, 0.15) is 29.2 Å². The lowest BCUT2D eigenvalue weighted by Crippen LogP contribution is -2.03. The summed E-state index contributed by atoms with van der Waals surface area (Å²) < 4.78 is 1.02. The first kappa shape index (κ1) is 14.1. The van der Waals surface area contributed by atoms with Gasteiger partial charge in [0.25, 0.3) is 5.91 Å². The molecule has 1 aliphatic heterocycles. The fourth-order valence-electron chi connectivity index (χ4n) is 2.59. The van der Waals surface area contributed by atoms with E-state index in [1.807, 2.05) is 25.1 Å². The second kappa shape index (κ2) is 5.49. The highest BCUT2D eigenvalue weighted by atomic mass is 79.9. The van der Waals surface area contributed by atoms with Crippen LogP contribution in [-0.2, 0) is 11.2 Å². The smallest absolute Gasteiger partial charge is 0.256 e. The molecule has 0 atom stereocenters. The number of benzene rings is 2. The number of hydrogen-bond acceptors (Lipinski definition) is 1. The van der Waals surface area contributed by atoms with Gasteiger partial charge < -0.3 is 5.32 Å². The predicted molar refractivity (Wildman–Crippen MR) is 91.2 cm³/mol. The number of fused-ring (bicyclic) bond motifs is 1. The van der Waals surface area contributed by atoms with Crippen molar-refractivity contribution in [2.45, 2.75) is 20.3 Å². The van der Waals surface area contributed by atoms with Crippen molar-refractivity contribution in [1.29, 1.82) is 0 Å². The number of carbonyl (C=O) groups is 1. The summed E-state index contributed by atoms with van der Waals surface area (Å²) in [5.74, 6) is -0.0363. The Kier molecular flexibility index (Phi) is 3.68. The molecule has 2 nitrogen and oxygen atoms in total. The molecule has 1 aliphatic rings. The topological polar surface area (TPSA) is 29.1 Å². The Morgan fingerprint density at radius 1 is 1.14 bits per heavy atom. The van der Waals surface area contributed by atoms with Gasteiger partial charge in [0.1, 0.15) is 0 Å². The third kappa shape index (κ3) is 2.54. The van der Waals surface area contributed by atoms with E-state index in [1.165, 1.54) is 5.56 Å². The number of nitrogens with one attached hydrogen (secondary N) is 1. The fourth-order valence-corrected chi connectivity index (χ4v) is 2.93. The zero-order valence-electron chi connectivity index (χ0n) is 12.0. The Bertz CT molecular complexity index is 745. The third-order valence-electron chi connectivity index (χ3n) is 3.86. The van der Waals surface area contributed by atoms with Gasteiger partial charge in [-0.25, -0.2) is 0 Å². The molecule has 3 rings (SSSR count). The molecule has 0 aromatic heterocycles. The zero-order chi connectivity index (χ0) is 15.0. The molecule has 3 heteroatoms. The molecule has 2 aromatic carbocycles. The standard InChI is InChI=1S/C18H16BrNO/c1-3-12-4-6-13(7-5-12)10-14-17-11(2)15(19)8-9-16(17)20-18(14)21/h4-10H,3H2,1-2H3,(H,20,21). The van der Waals surface area contributed by atoms with E-state index in [0.717, 1.165) is 38.8 Å². The minimum absolute atomic E-state index is 0.0363. The van der Waals surface area contributed by atoms with Crippen molar-refractivity contribution in [1.82, 2.24) is 0 Å². The molecule has 0 saturated heterocycles. The first-order chi connectivity index (χ1) is 10.1. The van der Waals surface area contributed by atoms with E-state index in [0.29, 0.717) is 0 Å². The van der Waals surface area contributed by atoms with Crippen molar-refractivity contribution < 1.29 is 4.79 Å². The normalized spacial score (nSPS) is 15.2. The summed E-state index contributed by atoms with van der Waals surface area (Å²) in [4.78, 5) is 12.2. The largest absolute Gasteiger partial charge is 0.321 e. The Morgan fingerprint density at radius 2 is 1.86 bits per heavy atom. The van der Waals surface area contributed by atoms with Gasteiger partial charge in [0.2, 0.25) is 0 Å². The molecule has 2 aromatic rings. The van der Waals surface area contributed by atoms with Crippen LogP contribution in [0.2, 0.25) is 0 Å². The van der Waals surface area contributed by atoms with Crippen LogP contribution in [0.25, 0.3) is 11.6 Å². The van der Waals surface area contributed by atoms with Crippen molar-refractivity contribution in [3.8, 4) is 0 Å². The van der Waals surface area contributed by atoms with Crippen LogP contribution in [0.5, 0.6) is 0 Å². The van der Waals surface area contributed by atoms with Crippen molar-refractivity contribution in [3.05, 3.63) is 63.1 Å². The predicted octanol–water partition coefficient (Wildman–Crippen LogP) is 4.81. The SMILES string of the molecule is CCc1ccc(C=C2C(=O)Nc3ccc(Br)c(C)c32)cc1. The molecule has 1 amide bonds. The lowest BCUT2D eigenvalue weighted by Gasteiger charge is -2.06. The van der Waals surface area contributed by atoms with Gasteiger partial charge in [0.15, 0.2) is 0 Å². The van der Waals surface area contributed by atoms with Crippen LogP contribution < -0.4 is 5.32 Å². The first-order valence-corrected chi connectivity index (χ1v) is 7.81. The van der Waals surface area contributed by atoms with Gasteiger partial charge in [-0.3, -0.25) is 4.79 Å². The lowest BCUT2D eigenvalue weighted by atomic mass is 9.99. The quantitative estimate of drug-likeness (QED) is 0.780. The summed E-state index contributed by atoms with van der Waals surface area (Å²) >= 11 is 3.53. The Balaban J connectivity index is 2.09. The Labute approximate surface area is 133 Å². The van der Waals surface area contributed by atoms with Gasteiger partial charge in [-0.05, 0) is 48.2 Å². The molecule has 0 saturated carbocycles. The van der Waals surface area contributed by atoms with Gasteiger partial charge in [-0.1, -0.05) is 47.1 Å². The molecule has 0 bridgehead atoms. The number of carbonyl (C=O) groups excluding carboxylic acids is 1. The molecule has 1 N–H and O–H groups in total. The third-order valence-corrected chi connectivity index (χ3v) is 4.72. The summed E-state index contributed by atoms with van der Waals surface area (Å²) in [5.41, 5.74) is 6.04. The molecular formula is C18H16BrNO. The van der Waals surface area contributed by atoms with Crippen molar-refractivity contribution in [3.63, 3.8) is 0 Å². The van der Waals surface area contributed by atoms with Crippen LogP contribution in [0, 0.1) is 6.92 Å². The van der Waals surface area contributed by atoms with Crippen LogP contribution in [0.3, 0.4) is 0 Å². The van der Waals surface area contributed by atoms with E-state index in [2.05, 4.69) is 52.4 Å². The number of rotatable bonds is 2. The van der Waals surface area contributed by atoms with Crippen molar-refractivity contribution in [2.24, 2.45) is 0 Å². The van der Waals surface area contributed by atoms with E-state index in [1.54, 1.807) is 0 Å². The molecule has 0 fully saturated rings. The van der Waals surface area contributed by atoms with E-state index in [4.69, 9.17) is 0 Å². The van der Waals surface area contributed by atoms with Crippen molar-refractivity contribution >= 4 is 39.2 Å². The van der Waals surface area contributed by atoms with Gasteiger partial charge in [-0.15, -0.1) is 0 Å². The number of amides is 1. The van der Waals surface area contributed by atoms with Gasteiger partial charge in [0, 0.05) is 21.3 Å². The first-order valence-electron chi connectivity index (χ1n) is 7.01. The molecule has 1 heterocycles. The zero-order valence-corrected chi connectivity index (χ0v) is 13.6. The molecule has 106 valence electrons. The second-order valence-electron chi connectivity index (χ2n) is 5.20. The maximum atomic E-state index is 12.2. The van der Waals surface area contributed by atoms with Crippen LogP contribution in [0.15, 0.2) is 40.9 Å². The minimum atomic E-state index is -0.0363. The molecule has 0 unspecified atom stereocenters. The maximum Gasteiger partial charge on any atom is 0.256 e. The van der Waals surface area contributed by atoms with Crippen LogP contribution >= 0.6 is 15.9 Å². The fraction of sp³-hybridized carbons (Fsp3) is 0.167. The van der Waals surface area contributed by atoms with Gasteiger partial charge in [-0.2, -0.15) is 0 Å². The Morgan fingerprint density at radius 3 is 2.52 bits per heavy atom. The summed E-state index contributed by atoms with van der Waals surface area (Å²) in [7, 11) is 0. The number of hydrogen-bond donors (Lipinski definition) is 1. The van der Waals surface area contributed by atoms with E-state index in [9.17, 15) is 4.79 Å². The highest BCUT2D eigenvalue weighted by molar-refractivity contribution is 9.10. The van der Waals surface area contributed by atoms with Crippen molar-refractivity contribution in [2.75, 3.05) is 5.32 Å². The van der Waals surface area contributed by atoms with E-state index in [-0.39, 0.29) is 5.91 Å². The monoisotopic (exact) mass is 341 g/mol. The second-order valence-corrected chi connectivity index (χ2v) is 6.06. The highest BCUT2D eigenvalue weighted by Crippen LogP contribution is 2.38. The Hall–Kier alpha value is -1.87. The molecule has 0 spiro atoms. The molecule has 21 heavy (non-hydrogen) atoms. The minimum Gasteiger partial charge on any atom is -0.321 e. The lowest BCUT2D eigenvalue weighted by molar-refractivity contribution is -0.110. The van der Waals surface area contributed by atoms with Gasteiger partial charge in [0.05, 0.1) is 0 Å². The average Bonchev–Trinajstić information content (AvgIpc) is 2.81. The van der Waals surface area contributed by atoms with E-state index >= 15 is 0 Å². The summed E-state index contributed by atoms with van der Waals surface area (Å²) in [6, 6.07) is 12.2. The maximum absolute atomic E-state index is 12.2. The average molecular weight is 342 g/mol. The number of aryl methyl sites for hydroxylation is 1. The number of halogens is 1. The molecule has 0 aliphatic carbocycles. The summed E-state index contributed by atoms with van der Waals surface area (Å²) in [6.07, 6.45) is 2.98. The molecular weight excluding hydrogens is 326 g/mol. The molecule has 0 radical (unpaired) electrons. The van der Waals surface area contributed by atoms with E-state index < -0.39 is 0 Å². The van der Waals surface area contributed by atoms with Crippen LogP contribution in [0.4, 0.5) is 5.69 Å². The summed E-state index contributed by atoms with van der Waals surface area (Å²) in [5, 5.41) is 2.93.